The van der Waals surface area contributed by atoms with Crippen LogP contribution in [0.25, 0.3) is 0 Å². The highest BCUT2D eigenvalue weighted by atomic mass is 16.3. The number of hydrogen-bond acceptors (Lipinski definition) is 7. The number of aliphatic hydroxyl groups excluding tert-OH is 1. The molecule has 6 rings (SSSR count). The normalized spacial score (nSPS) is 27.6. The molecule has 4 aliphatic heterocycles. The van der Waals surface area contributed by atoms with Crippen LogP contribution in [0.5, 0.6) is 0 Å². The molecule has 7 nitrogen and oxygen atoms in total. The third-order valence-corrected chi connectivity index (χ3v) is 8.66. The smallest absolute Gasteiger partial charge is 0.127 e. The van der Waals surface area contributed by atoms with E-state index >= 15 is 0 Å². The second-order valence-corrected chi connectivity index (χ2v) is 11.0. The molecule has 7 heteroatoms. The number of rotatable bonds is 4. The van der Waals surface area contributed by atoms with E-state index in [1.54, 1.807) is 0 Å². The van der Waals surface area contributed by atoms with Gasteiger partial charge in [0.2, 0.25) is 0 Å². The maximum absolute atomic E-state index is 11.7. The van der Waals surface area contributed by atoms with Gasteiger partial charge < -0.3 is 20.2 Å². The van der Waals surface area contributed by atoms with Gasteiger partial charge in [-0.15, -0.1) is 0 Å². The molecule has 0 amide bonds. The first-order chi connectivity index (χ1) is 17.6. The quantitative estimate of drug-likeness (QED) is 0.685. The minimum absolute atomic E-state index is 0.0255. The van der Waals surface area contributed by atoms with Gasteiger partial charge in [-0.2, -0.15) is 0 Å². The van der Waals surface area contributed by atoms with E-state index in [1.165, 1.54) is 5.56 Å². The Labute approximate surface area is 214 Å². The lowest BCUT2D eigenvalue weighted by molar-refractivity contribution is -0.142. The van der Waals surface area contributed by atoms with Gasteiger partial charge in [-0.1, -0.05) is 42.5 Å². The van der Waals surface area contributed by atoms with Crippen LogP contribution in [0.3, 0.4) is 0 Å². The standard InChI is InChI=1S/C29H38N6O/c1-22-27(32-26-11-6-5-10-25(26)31-22)33-16-13-29(14-17-33)12-7-15-34(28(29)36)20-24-18-30-21-35(24)19-23-8-3-2-4-9-23/h2-6,8-11,21-22,24,28,31,36H,7,12-20H2,1H3. The molecule has 2 aromatic rings. The summed E-state index contributed by atoms with van der Waals surface area (Å²) in [5.74, 6) is 1.13. The van der Waals surface area contributed by atoms with E-state index in [1.807, 2.05) is 12.4 Å². The van der Waals surface area contributed by atoms with E-state index in [0.717, 1.165) is 82.2 Å². The van der Waals surface area contributed by atoms with E-state index in [9.17, 15) is 5.11 Å². The maximum Gasteiger partial charge on any atom is 0.127 e. The van der Waals surface area contributed by atoms with Crippen LogP contribution in [0.2, 0.25) is 0 Å². The van der Waals surface area contributed by atoms with Gasteiger partial charge in [0.05, 0.1) is 36.3 Å². The van der Waals surface area contributed by atoms with Crippen molar-refractivity contribution in [2.45, 2.75) is 57.5 Å². The monoisotopic (exact) mass is 486 g/mol. The second-order valence-electron chi connectivity index (χ2n) is 11.0. The molecule has 0 aliphatic carbocycles. The predicted octanol–water partition coefficient (Wildman–Crippen LogP) is 3.94. The second kappa shape index (κ2) is 9.87. The molecule has 2 N–H and O–H groups in total. The van der Waals surface area contributed by atoms with Crippen molar-refractivity contribution in [2.24, 2.45) is 15.4 Å². The third kappa shape index (κ3) is 4.50. The fourth-order valence-electron chi connectivity index (χ4n) is 6.58. The van der Waals surface area contributed by atoms with E-state index < -0.39 is 6.23 Å². The number of nitrogens with one attached hydrogen (secondary N) is 1. The highest BCUT2D eigenvalue weighted by molar-refractivity contribution is 5.96. The van der Waals surface area contributed by atoms with Crippen molar-refractivity contribution in [3.8, 4) is 0 Å². The number of anilines is 1. The molecule has 4 heterocycles. The van der Waals surface area contributed by atoms with Crippen LogP contribution >= 0.6 is 0 Å². The Bertz CT molecular complexity index is 1110. The first-order valence-electron chi connectivity index (χ1n) is 13.5. The van der Waals surface area contributed by atoms with Gasteiger partial charge >= 0.3 is 0 Å². The summed E-state index contributed by atoms with van der Waals surface area (Å²) < 4.78 is 0. The van der Waals surface area contributed by atoms with Crippen molar-refractivity contribution in [1.29, 1.82) is 0 Å². The fourth-order valence-corrected chi connectivity index (χ4v) is 6.58. The number of aliphatic hydroxyl groups is 1. The van der Waals surface area contributed by atoms with Gasteiger partial charge in [0, 0.05) is 38.1 Å². The summed E-state index contributed by atoms with van der Waals surface area (Å²) in [6.07, 6.45) is 5.88. The number of likely N-dealkylation sites (tertiary alicyclic amines) is 2. The van der Waals surface area contributed by atoms with E-state index in [0.29, 0.717) is 6.04 Å². The lowest BCUT2D eigenvalue weighted by Crippen LogP contribution is -2.59. The van der Waals surface area contributed by atoms with Gasteiger partial charge in [-0.25, -0.2) is 4.99 Å². The zero-order valence-corrected chi connectivity index (χ0v) is 21.3. The molecule has 2 saturated heterocycles. The molecule has 2 aromatic carbocycles. The van der Waals surface area contributed by atoms with E-state index in [-0.39, 0.29) is 11.5 Å². The number of hydrogen-bond donors (Lipinski definition) is 2. The summed E-state index contributed by atoms with van der Waals surface area (Å²) >= 11 is 0. The molecule has 3 atom stereocenters. The SMILES string of the molecule is CC1Nc2ccccc2N=C1N1CCC2(CCCN(CC3CN=CN3Cc3ccccc3)C2O)CC1. The van der Waals surface area contributed by atoms with Crippen molar-refractivity contribution >= 4 is 23.5 Å². The van der Waals surface area contributed by atoms with E-state index in [4.69, 9.17) is 4.99 Å². The first kappa shape index (κ1) is 23.5. The minimum Gasteiger partial charge on any atom is -0.378 e. The molecular formula is C29H38N6O. The molecule has 3 unspecified atom stereocenters. The summed E-state index contributed by atoms with van der Waals surface area (Å²) in [6.45, 7) is 7.60. The van der Waals surface area contributed by atoms with Crippen LogP contribution in [0, 0.1) is 5.41 Å². The molecule has 0 saturated carbocycles. The van der Waals surface area contributed by atoms with Crippen LogP contribution < -0.4 is 5.32 Å². The molecule has 2 fully saturated rings. The molecule has 0 radical (unpaired) electrons. The largest absolute Gasteiger partial charge is 0.378 e. The highest BCUT2D eigenvalue weighted by Gasteiger charge is 2.47. The summed E-state index contributed by atoms with van der Waals surface area (Å²) in [7, 11) is 0. The van der Waals surface area contributed by atoms with Crippen LogP contribution in [0.1, 0.15) is 38.2 Å². The number of benzene rings is 2. The number of para-hydroxylation sites is 2. The van der Waals surface area contributed by atoms with Gasteiger partial charge in [-0.05, 0) is 50.3 Å². The Hall–Kier alpha value is -2.90. The van der Waals surface area contributed by atoms with Gasteiger partial charge in [0.1, 0.15) is 12.1 Å². The Morgan fingerprint density at radius 1 is 1.00 bits per heavy atom. The van der Waals surface area contributed by atoms with Crippen molar-refractivity contribution in [2.75, 3.05) is 38.0 Å². The lowest BCUT2D eigenvalue weighted by Gasteiger charge is -2.52. The minimum atomic E-state index is -0.392. The Morgan fingerprint density at radius 2 is 1.78 bits per heavy atom. The molecule has 36 heavy (non-hydrogen) atoms. The van der Waals surface area contributed by atoms with Crippen LogP contribution in [0.4, 0.5) is 11.4 Å². The summed E-state index contributed by atoms with van der Waals surface area (Å²) in [5, 5.41) is 15.3. The molecular weight excluding hydrogens is 448 g/mol. The number of piperidine rings is 2. The molecule has 1 spiro atoms. The Morgan fingerprint density at radius 3 is 2.61 bits per heavy atom. The van der Waals surface area contributed by atoms with Crippen LogP contribution in [-0.4, -0.2) is 83.0 Å². The van der Waals surface area contributed by atoms with Crippen LogP contribution in [-0.2, 0) is 6.54 Å². The summed E-state index contributed by atoms with van der Waals surface area (Å²) in [4.78, 5) is 16.7. The zero-order chi connectivity index (χ0) is 24.5. The van der Waals surface area contributed by atoms with Crippen molar-refractivity contribution in [3.63, 3.8) is 0 Å². The van der Waals surface area contributed by atoms with Crippen molar-refractivity contribution in [3.05, 3.63) is 60.2 Å². The van der Waals surface area contributed by atoms with Crippen molar-refractivity contribution in [1.82, 2.24) is 14.7 Å². The fraction of sp³-hybridized carbons (Fsp3) is 0.517. The summed E-state index contributed by atoms with van der Waals surface area (Å²) in [5.41, 5.74) is 3.41. The Balaban J connectivity index is 1.10. The number of fused-ring (bicyclic) bond motifs is 1. The van der Waals surface area contributed by atoms with E-state index in [2.05, 4.69) is 80.5 Å². The zero-order valence-electron chi connectivity index (χ0n) is 21.3. The Kier molecular flexibility index (Phi) is 6.44. The number of amidine groups is 1. The highest BCUT2D eigenvalue weighted by Crippen LogP contribution is 2.44. The average molecular weight is 487 g/mol. The van der Waals surface area contributed by atoms with Crippen molar-refractivity contribution < 1.29 is 5.11 Å². The molecule has 0 aromatic heterocycles. The first-order valence-corrected chi connectivity index (χ1v) is 13.5. The lowest BCUT2D eigenvalue weighted by atomic mass is 9.70. The average Bonchev–Trinajstić information content (AvgIpc) is 3.34. The van der Waals surface area contributed by atoms with Crippen LogP contribution in [0.15, 0.2) is 64.6 Å². The number of aliphatic imine (C=N–C) groups is 2. The summed E-state index contributed by atoms with van der Waals surface area (Å²) in [6, 6.07) is 19.4. The topological polar surface area (TPSA) is 66.7 Å². The molecule has 0 bridgehead atoms. The predicted molar refractivity (Wildman–Crippen MR) is 146 cm³/mol. The van der Waals surface area contributed by atoms with Gasteiger partial charge in [-0.3, -0.25) is 9.89 Å². The molecule has 4 aliphatic rings. The molecule has 190 valence electrons. The van der Waals surface area contributed by atoms with Gasteiger partial charge in [0.15, 0.2) is 0 Å². The maximum atomic E-state index is 11.7. The third-order valence-electron chi connectivity index (χ3n) is 8.66. The number of nitrogens with zero attached hydrogens (tertiary/aromatic N) is 5. The van der Waals surface area contributed by atoms with Gasteiger partial charge in [0.25, 0.3) is 0 Å².